The molecule has 0 bridgehead atoms. The second-order valence-electron chi connectivity index (χ2n) is 2.30. The maximum atomic E-state index is 10.6. The smallest absolute Gasteiger partial charge is 0.450 e. The van der Waals surface area contributed by atoms with Crippen molar-refractivity contribution in [1.82, 2.24) is 0 Å². The van der Waals surface area contributed by atoms with Crippen LogP contribution in [-0.4, -0.2) is 26.3 Å². The molecule has 0 saturated carbocycles. The summed E-state index contributed by atoms with van der Waals surface area (Å²) < 4.78 is 25.6. The van der Waals surface area contributed by atoms with E-state index in [2.05, 4.69) is 4.74 Å². The quantitative estimate of drug-likeness (QED) is 0.806. The number of hydrogen-bond donors (Lipinski definition) is 2. The summed E-state index contributed by atoms with van der Waals surface area (Å²) in [6.07, 6.45) is -1.21. The van der Waals surface area contributed by atoms with Gasteiger partial charge in [0.05, 0.1) is 10.9 Å². The van der Waals surface area contributed by atoms with Crippen molar-refractivity contribution in [2.75, 3.05) is 6.61 Å². The Labute approximate surface area is 102 Å². The molecule has 0 fully saturated rings. The molecular formula is C7H10ClNO5S2. The van der Waals surface area contributed by atoms with Crippen molar-refractivity contribution in [3.8, 4) is 0 Å². The Morgan fingerprint density at radius 3 is 2.31 bits per heavy atom. The first-order valence-electron chi connectivity index (χ1n) is 3.91. The van der Waals surface area contributed by atoms with E-state index in [4.69, 9.17) is 21.8 Å². The van der Waals surface area contributed by atoms with E-state index in [1.807, 2.05) is 0 Å². The molecule has 0 amide bonds. The van der Waals surface area contributed by atoms with Gasteiger partial charge in [0.15, 0.2) is 0 Å². The van der Waals surface area contributed by atoms with Crippen molar-refractivity contribution in [2.45, 2.75) is 11.1 Å². The van der Waals surface area contributed by atoms with Crippen LogP contribution in [0.2, 0.25) is 4.34 Å². The second-order valence-corrected chi connectivity index (χ2v) is 5.81. The molecule has 0 aromatic carbocycles. The van der Waals surface area contributed by atoms with Crippen LogP contribution in [0.25, 0.3) is 0 Å². The second kappa shape index (κ2) is 6.69. The maximum absolute atomic E-state index is 10.6. The van der Waals surface area contributed by atoms with Crippen LogP contribution < -0.4 is 5.14 Å². The van der Waals surface area contributed by atoms with Gasteiger partial charge in [-0.15, -0.1) is 11.3 Å². The number of thiophene rings is 1. The van der Waals surface area contributed by atoms with E-state index in [9.17, 15) is 13.2 Å². The molecule has 1 heterocycles. The van der Waals surface area contributed by atoms with E-state index >= 15 is 0 Å². The van der Waals surface area contributed by atoms with E-state index in [0.29, 0.717) is 4.34 Å². The van der Waals surface area contributed by atoms with Gasteiger partial charge in [-0.25, -0.2) is 18.4 Å². The molecule has 16 heavy (non-hydrogen) atoms. The molecule has 0 atom stereocenters. The number of nitrogens with two attached hydrogens (primary N) is 1. The summed E-state index contributed by atoms with van der Waals surface area (Å²) >= 11 is 6.41. The van der Waals surface area contributed by atoms with Crippen LogP contribution in [-0.2, 0) is 14.8 Å². The Hall–Kier alpha value is -0.830. The number of halogens is 1. The van der Waals surface area contributed by atoms with Crippen molar-refractivity contribution in [1.29, 1.82) is 0 Å². The molecule has 1 rings (SSSR count). The monoisotopic (exact) mass is 287 g/mol. The Bertz CT molecular complexity index is 441. The summed E-state index contributed by atoms with van der Waals surface area (Å²) in [6.45, 7) is 1.85. The summed E-state index contributed by atoms with van der Waals surface area (Å²) in [7, 11) is -3.55. The van der Waals surface area contributed by atoms with E-state index in [1.54, 1.807) is 6.92 Å². The predicted octanol–water partition coefficient (Wildman–Crippen LogP) is 1.75. The third-order valence-electron chi connectivity index (χ3n) is 1.10. The first kappa shape index (κ1) is 15.2. The minimum atomic E-state index is -3.55. The van der Waals surface area contributed by atoms with Gasteiger partial charge in [-0.05, 0) is 19.1 Å². The summed E-state index contributed by atoms with van der Waals surface area (Å²) in [6, 6.07) is 2.87. The van der Waals surface area contributed by atoms with Gasteiger partial charge in [0.25, 0.3) is 0 Å². The highest BCUT2D eigenvalue weighted by atomic mass is 35.5. The first-order valence-corrected chi connectivity index (χ1v) is 6.65. The van der Waals surface area contributed by atoms with Crippen molar-refractivity contribution in [2.24, 2.45) is 5.14 Å². The average molecular weight is 288 g/mol. The Morgan fingerprint density at radius 1 is 1.62 bits per heavy atom. The number of carbonyl (C=O) groups is 1. The number of rotatable bonds is 2. The normalized spacial score (nSPS) is 10.2. The molecule has 0 unspecified atom stereocenters. The van der Waals surface area contributed by atoms with Crippen LogP contribution in [0.15, 0.2) is 16.3 Å². The van der Waals surface area contributed by atoms with Crippen LogP contribution >= 0.6 is 22.9 Å². The fraction of sp³-hybridized carbons (Fsp3) is 0.286. The summed E-state index contributed by atoms with van der Waals surface area (Å²) in [5.74, 6) is 0. The molecule has 0 aliphatic carbocycles. The van der Waals surface area contributed by atoms with Gasteiger partial charge in [0.1, 0.15) is 4.21 Å². The number of primary sulfonamides is 1. The van der Waals surface area contributed by atoms with E-state index < -0.39 is 16.2 Å². The number of carboxylic acid groups (broad SMARTS) is 1. The van der Waals surface area contributed by atoms with Gasteiger partial charge in [0.2, 0.25) is 10.0 Å². The highest BCUT2D eigenvalue weighted by molar-refractivity contribution is 7.91. The van der Waals surface area contributed by atoms with E-state index in [0.717, 1.165) is 11.3 Å². The molecule has 0 radical (unpaired) electrons. The number of hydrogen-bond acceptors (Lipinski definition) is 5. The van der Waals surface area contributed by atoms with Gasteiger partial charge in [-0.1, -0.05) is 11.6 Å². The highest BCUT2D eigenvalue weighted by Crippen LogP contribution is 2.23. The van der Waals surface area contributed by atoms with Crippen LogP contribution in [0, 0.1) is 0 Å². The zero-order valence-corrected chi connectivity index (χ0v) is 10.6. The Morgan fingerprint density at radius 2 is 2.19 bits per heavy atom. The minimum absolute atomic E-state index is 0.0949. The highest BCUT2D eigenvalue weighted by Gasteiger charge is 2.09. The maximum Gasteiger partial charge on any atom is 0.505 e. The largest absolute Gasteiger partial charge is 0.505 e. The van der Waals surface area contributed by atoms with Gasteiger partial charge in [0, 0.05) is 0 Å². The standard InChI is InChI=1S/C4H4ClNO2S2.C3H6O3/c5-3-1-2-4(9-3)10(6,7)8;1-2-6-3(4)5/h1-2H,(H2,6,7,8);2H2,1H3,(H,4,5). The van der Waals surface area contributed by atoms with Crippen molar-refractivity contribution >= 4 is 39.1 Å². The lowest BCUT2D eigenvalue weighted by Gasteiger charge is -1.87. The van der Waals surface area contributed by atoms with Crippen LogP contribution in [0.5, 0.6) is 0 Å². The molecule has 6 nitrogen and oxygen atoms in total. The molecule has 1 aromatic heterocycles. The number of sulfonamides is 1. The lowest BCUT2D eigenvalue weighted by molar-refractivity contribution is 0.0966. The van der Waals surface area contributed by atoms with Gasteiger partial charge >= 0.3 is 6.16 Å². The van der Waals surface area contributed by atoms with Crippen LogP contribution in [0.3, 0.4) is 0 Å². The SMILES string of the molecule is CCOC(=O)O.NS(=O)(=O)c1ccc(Cl)s1. The zero-order chi connectivity index (χ0) is 12.8. The zero-order valence-electron chi connectivity index (χ0n) is 8.21. The van der Waals surface area contributed by atoms with Crippen LogP contribution in [0.4, 0.5) is 4.79 Å². The van der Waals surface area contributed by atoms with Crippen molar-refractivity contribution in [3.05, 3.63) is 16.5 Å². The third-order valence-corrected chi connectivity index (χ3v) is 3.77. The summed E-state index contributed by atoms with van der Waals surface area (Å²) in [5, 5.41) is 12.5. The molecule has 9 heteroatoms. The molecule has 0 spiro atoms. The summed E-state index contributed by atoms with van der Waals surface area (Å²) in [4.78, 5) is 9.38. The molecule has 92 valence electrons. The molecule has 0 saturated heterocycles. The third kappa shape index (κ3) is 6.62. The minimum Gasteiger partial charge on any atom is -0.450 e. The van der Waals surface area contributed by atoms with E-state index in [-0.39, 0.29) is 10.8 Å². The molecule has 1 aromatic rings. The summed E-state index contributed by atoms with van der Waals surface area (Å²) in [5.41, 5.74) is 0. The fourth-order valence-corrected chi connectivity index (χ4v) is 2.48. The Balaban J connectivity index is 0.000000325. The molecular weight excluding hydrogens is 278 g/mol. The van der Waals surface area contributed by atoms with Gasteiger partial charge < -0.3 is 9.84 Å². The topological polar surface area (TPSA) is 107 Å². The van der Waals surface area contributed by atoms with Gasteiger partial charge in [-0.2, -0.15) is 0 Å². The Kier molecular flexibility index (Phi) is 6.34. The predicted molar refractivity (Wildman–Crippen MR) is 60.4 cm³/mol. The van der Waals surface area contributed by atoms with Crippen LogP contribution in [0.1, 0.15) is 6.92 Å². The molecule has 3 N–H and O–H groups in total. The van der Waals surface area contributed by atoms with E-state index in [1.165, 1.54) is 12.1 Å². The van der Waals surface area contributed by atoms with Crippen molar-refractivity contribution in [3.63, 3.8) is 0 Å². The molecule has 0 aliphatic heterocycles. The first-order chi connectivity index (χ1) is 7.27. The molecule has 0 aliphatic rings. The lowest BCUT2D eigenvalue weighted by atomic mass is 10.7. The fourth-order valence-electron chi connectivity index (χ4n) is 0.574. The van der Waals surface area contributed by atoms with Crippen molar-refractivity contribution < 1.29 is 23.1 Å². The average Bonchev–Trinajstić information content (AvgIpc) is 2.51. The van der Waals surface area contributed by atoms with Gasteiger partial charge in [-0.3, -0.25) is 0 Å². The number of ether oxygens (including phenoxy) is 1. The lowest BCUT2D eigenvalue weighted by Crippen LogP contribution is -2.09.